The van der Waals surface area contributed by atoms with Crippen molar-refractivity contribution in [1.29, 1.82) is 0 Å². The minimum atomic E-state index is -2.90. The van der Waals surface area contributed by atoms with E-state index in [1.807, 2.05) is 26.0 Å². The van der Waals surface area contributed by atoms with Crippen LogP contribution < -0.4 is 5.43 Å². The van der Waals surface area contributed by atoms with Crippen LogP contribution in [-0.2, 0) is 21.7 Å². The Morgan fingerprint density at radius 1 is 1.12 bits per heavy atom. The highest BCUT2D eigenvalue weighted by Crippen LogP contribution is 2.62. The molecule has 0 radical (unpaired) electrons. The van der Waals surface area contributed by atoms with Gasteiger partial charge in [-0.15, -0.1) is 5.10 Å². The van der Waals surface area contributed by atoms with Crippen LogP contribution in [0.1, 0.15) is 50.7 Å². The highest BCUT2D eigenvalue weighted by molar-refractivity contribution is 7.92. The third kappa shape index (κ3) is 4.34. The van der Waals surface area contributed by atoms with E-state index >= 15 is 0 Å². The quantitative estimate of drug-likeness (QED) is 0.482. The zero-order chi connectivity index (χ0) is 29.1. The monoisotopic (exact) mass is 581 g/mol. The van der Waals surface area contributed by atoms with Crippen LogP contribution in [0.15, 0.2) is 54.1 Å². The number of halogens is 2. The van der Waals surface area contributed by atoms with Crippen LogP contribution in [0.2, 0.25) is 0 Å². The van der Waals surface area contributed by atoms with Crippen LogP contribution in [0.3, 0.4) is 0 Å². The number of hydrogen-bond donors (Lipinski definition) is 1. The minimum Gasteiger partial charge on any atom is -0.301 e. The van der Waals surface area contributed by atoms with Crippen molar-refractivity contribution in [2.75, 3.05) is 18.6 Å². The molecular weight excluding hydrogens is 548 g/mol. The normalized spacial score (nSPS) is 26.1. The molecule has 0 spiro atoms. The van der Waals surface area contributed by atoms with E-state index in [9.17, 15) is 17.2 Å². The molecule has 4 heterocycles. The summed E-state index contributed by atoms with van der Waals surface area (Å²) in [7, 11) is -1.14. The lowest BCUT2D eigenvalue weighted by Gasteiger charge is -2.39. The summed E-state index contributed by atoms with van der Waals surface area (Å²) in [5.74, 6) is 0.577. The maximum atomic E-state index is 14.7. The van der Waals surface area contributed by atoms with E-state index in [1.54, 1.807) is 24.6 Å². The maximum absolute atomic E-state index is 14.7. The van der Waals surface area contributed by atoms with Gasteiger partial charge in [-0.25, -0.2) is 32.2 Å². The molecule has 1 saturated carbocycles. The van der Waals surface area contributed by atoms with E-state index in [2.05, 4.69) is 27.4 Å². The second-order valence-corrected chi connectivity index (χ2v) is 13.2. The number of fused-ring (bicyclic) bond motifs is 4. The molecule has 41 heavy (non-hydrogen) atoms. The van der Waals surface area contributed by atoms with Crippen molar-refractivity contribution >= 4 is 15.5 Å². The maximum Gasteiger partial charge on any atom is 0.252 e. The van der Waals surface area contributed by atoms with Gasteiger partial charge in [-0.3, -0.25) is 5.01 Å². The number of aromatic nitrogens is 5. The topological polar surface area (TPSA) is 106 Å². The Bertz CT molecular complexity index is 1650. The first-order valence-corrected chi connectivity index (χ1v) is 15.8. The van der Waals surface area contributed by atoms with E-state index in [4.69, 9.17) is 4.98 Å². The molecule has 216 valence electrons. The Morgan fingerprint density at radius 2 is 1.85 bits per heavy atom. The Kier molecular flexibility index (Phi) is 6.71. The van der Waals surface area contributed by atoms with Gasteiger partial charge in [0, 0.05) is 25.4 Å². The third-order valence-corrected chi connectivity index (χ3v) is 10.8. The molecule has 1 N–H and O–H groups in total. The average molecular weight is 582 g/mol. The first kappa shape index (κ1) is 27.5. The molecule has 2 aliphatic heterocycles. The van der Waals surface area contributed by atoms with Crippen LogP contribution in [0.4, 0.5) is 8.78 Å². The molecule has 4 aliphatic rings. The van der Waals surface area contributed by atoms with Crippen LogP contribution in [0.25, 0.3) is 11.6 Å². The van der Waals surface area contributed by atoms with Crippen molar-refractivity contribution in [1.82, 2.24) is 35.2 Å². The molecule has 12 heteroatoms. The smallest absolute Gasteiger partial charge is 0.252 e. The molecule has 1 unspecified atom stereocenters. The Balaban J connectivity index is 0.00000148. The molecule has 1 saturated heterocycles. The SMILES string of the molecule is CC.CC1[C@H]2CC[C@]1(c1ccnc(-n3cnc(CC4CS(=O)(=O)C4)n3)n1)C1=C2C=C(c2c(F)cccc2F)N(C)N1. The van der Waals surface area contributed by atoms with Gasteiger partial charge >= 0.3 is 0 Å². The Labute approximate surface area is 238 Å². The first-order chi connectivity index (χ1) is 19.7. The molecule has 1 aromatic carbocycles. The predicted octanol–water partition coefficient (Wildman–Crippen LogP) is 3.99. The highest BCUT2D eigenvalue weighted by atomic mass is 32.2. The van der Waals surface area contributed by atoms with E-state index in [1.165, 1.54) is 22.9 Å². The summed E-state index contributed by atoms with van der Waals surface area (Å²) in [6.07, 6.45) is 7.51. The largest absolute Gasteiger partial charge is 0.301 e. The van der Waals surface area contributed by atoms with Crippen LogP contribution in [0, 0.1) is 29.4 Å². The first-order valence-electron chi connectivity index (χ1n) is 14.0. The lowest BCUT2D eigenvalue weighted by molar-refractivity contribution is 0.304. The second kappa shape index (κ2) is 10.0. The van der Waals surface area contributed by atoms with Crippen molar-refractivity contribution < 1.29 is 17.2 Å². The summed E-state index contributed by atoms with van der Waals surface area (Å²) in [6, 6.07) is 5.83. The van der Waals surface area contributed by atoms with Gasteiger partial charge in [-0.05, 0) is 60.4 Å². The lowest BCUT2D eigenvalue weighted by Crippen LogP contribution is -2.44. The number of rotatable bonds is 5. The molecular formula is C29H33F2N7O2S. The highest BCUT2D eigenvalue weighted by Gasteiger charge is 2.59. The number of nitrogens with zero attached hydrogens (tertiary/aromatic N) is 6. The predicted molar refractivity (Wildman–Crippen MR) is 150 cm³/mol. The molecule has 2 fully saturated rings. The van der Waals surface area contributed by atoms with E-state index < -0.39 is 26.9 Å². The van der Waals surface area contributed by atoms with Gasteiger partial charge in [0.1, 0.15) is 18.0 Å². The van der Waals surface area contributed by atoms with E-state index in [-0.39, 0.29) is 34.8 Å². The standard InChI is InChI=1S/C27H27F2N7O2S.C2H6/c1-15-17-6-8-27(15,25-18(17)11-21(35(2)34-25)24-19(28)4-3-5-20(24)29)22-7-9-30-26(32-22)36-14-31-23(33-36)10-16-12-39(37,38)13-16;1-2/h3-5,7,9,11,14-17,34H,6,8,10,12-13H2,1-2H3;1-2H3/t15?,17-,27+;/m1./s1. The van der Waals surface area contributed by atoms with Crippen LogP contribution in [-0.4, -0.2) is 56.7 Å². The lowest BCUT2D eigenvalue weighted by atomic mass is 9.75. The van der Waals surface area contributed by atoms with Gasteiger partial charge in [-0.1, -0.05) is 26.8 Å². The average Bonchev–Trinajstić information content (AvgIpc) is 3.60. The fourth-order valence-corrected chi connectivity index (χ4v) is 8.53. The summed E-state index contributed by atoms with van der Waals surface area (Å²) < 4.78 is 53.9. The van der Waals surface area contributed by atoms with Crippen molar-refractivity contribution in [2.24, 2.45) is 17.8 Å². The molecule has 0 amide bonds. The number of hydrogen-bond acceptors (Lipinski definition) is 8. The van der Waals surface area contributed by atoms with Crippen molar-refractivity contribution in [3.8, 4) is 5.95 Å². The zero-order valence-corrected chi connectivity index (χ0v) is 24.3. The van der Waals surface area contributed by atoms with Gasteiger partial charge in [0.25, 0.3) is 5.95 Å². The van der Waals surface area contributed by atoms with Crippen molar-refractivity contribution in [3.63, 3.8) is 0 Å². The summed E-state index contributed by atoms with van der Waals surface area (Å²) in [5.41, 5.74) is 6.37. The van der Waals surface area contributed by atoms with E-state index in [0.717, 1.165) is 29.8 Å². The second-order valence-electron chi connectivity index (χ2n) is 11.0. The molecule has 2 bridgehead atoms. The van der Waals surface area contributed by atoms with Gasteiger partial charge in [0.15, 0.2) is 15.7 Å². The van der Waals surface area contributed by atoms with Gasteiger partial charge in [-0.2, -0.15) is 4.68 Å². The van der Waals surface area contributed by atoms with Gasteiger partial charge < -0.3 is 5.43 Å². The number of benzene rings is 1. The van der Waals surface area contributed by atoms with Crippen LogP contribution >= 0.6 is 0 Å². The number of sulfone groups is 1. The molecule has 2 aliphatic carbocycles. The molecule has 9 nitrogen and oxygen atoms in total. The number of hydrazine groups is 1. The molecule has 2 aromatic heterocycles. The van der Waals surface area contributed by atoms with E-state index in [0.29, 0.717) is 23.9 Å². The Morgan fingerprint density at radius 3 is 2.56 bits per heavy atom. The summed E-state index contributed by atoms with van der Waals surface area (Å²) >= 11 is 0. The molecule has 3 atom stereocenters. The Hall–Kier alpha value is -3.67. The van der Waals surface area contributed by atoms with Crippen molar-refractivity contribution in [2.45, 2.75) is 45.4 Å². The fraction of sp³-hybridized carbons (Fsp3) is 0.448. The summed E-state index contributed by atoms with van der Waals surface area (Å²) in [4.78, 5) is 13.7. The van der Waals surface area contributed by atoms with Gasteiger partial charge in [0.2, 0.25) is 0 Å². The third-order valence-electron chi connectivity index (χ3n) is 8.81. The number of nitrogens with one attached hydrogen (secondary N) is 1. The fourth-order valence-electron chi connectivity index (χ4n) is 6.95. The molecule has 7 rings (SSSR count). The minimum absolute atomic E-state index is 0.0438. The number of allylic oxidation sites excluding steroid dienone is 3. The summed E-state index contributed by atoms with van der Waals surface area (Å²) in [5, 5.41) is 6.20. The summed E-state index contributed by atoms with van der Waals surface area (Å²) in [6.45, 7) is 6.21. The van der Waals surface area contributed by atoms with Crippen molar-refractivity contribution in [3.05, 3.63) is 82.9 Å². The van der Waals surface area contributed by atoms with Crippen LogP contribution in [0.5, 0.6) is 0 Å². The zero-order valence-electron chi connectivity index (χ0n) is 23.5. The molecule has 3 aromatic rings. The van der Waals surface area contributed by atoms with Gasteiger partial charge in [0.05, 0.1) is 33.9 Å².